The second-order valence-electron chi connectivity index (χ2n) is 8.63. The van der Waals surface area contributed by atoms with Gasteiger partial charge in [-0.3, -0.25) is 4.79 Å². The summed E-state index contributed by atoms with van der Waals surface area (Å²) in [6, 6.07) is 6.83. The van der Waals surface area contributed by atoms with Gasteiger partial charge in [-0.25, -0.2) is 8.78 Å². The fourth-order valence-electron chi connectivity index (χ4n) is 4.63. The van der Waals surface area contributed by atoms with Crippen molar-refractivity contribution in [2.45, 2.75) is 32.7 Å². The highest BCUT2D eigenvalue weighted by Crippen LogP contribution is 2.29. The van der Waals surface area contributed by atoms with Gasteiger partial charge in [0.05, 0.1) is 24.0 Å². The number of benzene rings is 2. The van der Waals surface area contributed by atoms with Gasteiger partial charge in [-0.15, -0.1) is 0 Å². The van der Waals surface area contributed by atoms with Crippen molar-refractivity contribution >= 4 is 23.0 Å². The number of oxazole rings is 1. The molecule has 4 aromatic rings. The van der Waals surface area contributed by atoms with Gasteiger partial charge in [0, 0.05) is 19.2 Å². The maximum atomic E-state index is 14.4. The van der Waals surface area contributed by atoms with Crippen molar-refractivity contribution in [3.8, 4) is 5.69 Å². The van der Waals surface area contributed by atoms with E-state index in [0.717, 1.165) is 12.8 Å². The van der Waals surface area contributed by atoms with Crippen LogP contribution < -0.4 is 5.32 Å². The minimum atomic E-state index is -0.491. The van der Waals surface area contributed by atoms with Crippen LogP contribution in [0.5, 0.6) is 0 Å². The summed E-state index contributed by atoms with van der Waals surface area (Å²) in [6.07, 6.45) is 4.82. The summed E-state index contributed by atoms with van der Waals surface area (Å²) in [5, 5.41) is 11.5. The SMILES string of the molecule is Cc1cc(F)cc(C(=O)N2CCC[C@@H](C)[C@H]2CNc2nc3cc(F)ccc3o2)c1-n1nccn1. The second-order valence-corrected chi connectivity index (χ2v) is 8.63. The van der Waals surface area contributed by atoms with Crippen molar-refractivity contribution in [2.24, 2.45) is 5.92 Å². The molecule has 176 valence electrons. The zero-order valence-corrected chi connectivity index (χ0v) is 18.8. The van der Waals surface area contributed by atoms with Crippen LogP contribution in [-0.2, 0) is 0 Å². The predicted octanol–water partition coefficient (Wildman–Crippen LogP) is 4.35. The van der Waals surface area contributed by atoms with E-state index in [-0.39, 0.29) is 29.4 Å². The zero-order chi connectivity index (χ0) is 23.8. The van der Waals surface area contributed by atoms with Crippen LogP contribution in [0.25, 0.3) is 16.8 Å². The maximum Gasteiger partial charge on any atom is 0.295 e. The first-order chi connectivity index (χ1) is 16.4. The van der Waals surface area contributed by atoms with Crippen molar-refractivity contribution < 1.29 is 18.0 Å². The average molecular weight is 466 g/mol. The highest BCUT2D eigenvalue weighted by molar-refractivity contribution is 5.98. The van der Waals surface area contributed by atoms with Crippen molar-refractivity contribution in [1.82, 2.24) is 24.9 Å². The Kier molecular flexibility index (Phi) is 5.72. The van der Waals surface area contributed by atoms with Crippen molar-refractivity contribution in [1.29, 1.82) is 0 Å². The standard InChI is InChI=1S/C24H24F2N6O2/c1-14-4-3-9-31(20(14)13-27-24-30-19-12-16(25)5-6-21(19)34-24)23(33)18-11-17(26)10-15(2)22(18)32-28-7-8-29-32/h5-8,10-12,14,20H,3-4,9,13H2,1-2H3,(H,27,30)/t14-,20-/m1/s1. The molecule has 2 aromatic heterocycles. The van der Waals surface area contributed by atoms with Gasteiger partial charge in [-0.05, 0) is 55.5 Å². The Bertz CT molecular complexity index is 1340. The number of piperidine rings is 1. The molecule has 10 heteroatoms. The zero-order valence-electron chi connectivity index (χ0n) is 18.8. The lowest BCUT2D eigenvalue weighted by Crippen LogP contribution is -2.51. The summed E-state index contributed by atoms with van der Waals surface area (Å²) in [4.78, 5) is 21.2. The van der Waals surface area contributed by atoms with Crippen molar-refractivity contribution in [2.75, 3.05) is 18.4 Å². The predicted molar refractivity (Wildman–Crippen MR) is 122 cm³/mol. The summed E-state index contributed by atoms with van der Waals surface area (Å²) in [5.74, 6) is -0.978. The molecule has 34 heavy (non-hydrogen) atoms. The van der Waals surface area contributed by atoms with Gasteiger partial charge < -0.3 is 14.6 Å². The van der Waals surface area contributed by atoms with Crippen LogP contribution in [0, 0.1) is 24.5 Å². The van der Waals surface area contributed by atoms with Gasteiger partial charge in [0.15, 0.2) is 5.58 Å². The summed E-state index contributed by atoms with van der Waals surface area (Å²) in [7, 11) is 0. The van der Waals surface area contributed by atoms with Gasteiger partial charge in [0.2, 0.25) is 0 Å². The molecule has 8 nitrogen and oxygen atoms in total. The van der Waals surface area contributed by atoms with Crippen LogP contribution in [-0.4, -0.2) is 49.9 Å². The van der Waals surface area contributed by atoms with Gasteiger partial charge in [-0.2, -0.15) is 20.0 Å². The number of rotatable bonds is 5. The fraction of sp³-hybridized carbons (Fsp3) is 0.333. The number of halogens is 2. The number of hydrogen-bond donors (Lipinski definition) is 1. The molecule has 1 amide bonds. The number of hydrogen-bond acceptors (Lipinski definition) is 6. The van der Waals surface area contributed by atoms with Gasteiger partial charge in [-0.1, -0.05) is 6.92 Å². The normalized spacial score (nSPS) is 18.4. The molecule has 1 aliphatic heterocycles. The fourth-order valence-corrected chi connectivity index (χ4v) is 4.63. The van der Waals surface area contributed by atoms with E-state index in [1.54, 1.807) is 11.8 Å². The van der Waals surface area contributed by atoms with E-state index in [1.165, 1.54) is 47.5 Å². The van der Waals surface area contributed by atoms with E-state index in [9.17, 15) is 13.6 Å². The number of nitrogens with zero attached hydrogens (tertiary/aromatic N) is 5. The number of amides is 1. The van der Waals surface area contributed by atoms with E-state index in [2.05, 4.69) is 27.4 Å². The molecule has 0 bridgehead atoms. The van der Waals surface area contributed by atoms with E-state index in [1.807, 2.05) is 0 Å². The molecular formula is C24H24F2N6O2. The van der Waals surface area contributed by atoms with Gasteiger partial charge in [0.25, 0.3) is 11.9 Å². The second kappa shape index (κ2) is 8.85. The lowest BCUT2D eigenvalue weighted by Gasteiger charge is -2.40. The molecular weight excluding hydrogens is 442 g/mol. The molecule has 0 saturated carbocycles. The quantitative estimate of drug-likeness (QED) is 0.471. The maximum absolute atomic E-state index is 14.4. The minimum Gasteiger partial charge on any atom is -0.424 e. The Morgan fingerprint density at radius 3 is 2.76 bits per heavy atom. The van der Waals surface area contributed by atoms with Crippen molar-refractivity contribution in [3.05, 3.63) is 65.5 Å². The third kappa shape index (κ3) is 4.11. The number of anilines is 1. The average Bonchev–Trinajstić information content (AvgIpc) is 3.46. The Morgan fingerprint density at radius 1 is 1.18 bits per heavy atom. The molecule has 3 heterocycles. The van der Waals surface area contributed by atoms with E-state index in [4.69, 9.17) is 4.42 Å². The topological polar surface area (TPSA) is 89.1 Å². The van der Waals surface area contributed by atoms with E-state index < -0.39 is 11.6 Å². The summed E-state index contributed by atoms with van der Waals surface area (Å²) >= 11 is 0. The first-order valence-corrected chi connectivity index (χ1v) is 11.2. The number of likely N-dealkylation sites (tertiary alicyclic amines) is 1. The number of aryl methyl sites for hydroxylation is 1. The highest BCUT2D eigenvalue weighted by atomic mass is 19.1. The Hall–Kier alpha value is -3.82. The Labute approximate surface area is 194 Å². The smallest absolute Gasteiger partial charge is 0.295 e. The molecule has 2 aromatic carbocycles. The lowest BCUT2D eigenvalue weighted by molar-refractivity contribution is 0.0538. The summed E-state index contributed by atoms with van der Waals surface area (Å²) in [5.41, 5.74) is 2.13. The first-order valence-electron chi connectivity index (χ1n) is 11.2. The molecule has 1 N–H and O–H groups in total. The molecule has 2 atom stereocenters. The Morgan fingerprint density at radius 2 is 1.97 bits per heavy atom. The summed E-state index contributed by atoms with van der Waals surface area (Å²) < 4.78 is 33.5. The molecule has 0 unspecified atom stereocenters. The van der Waals surface area contributed by atoms with Gasteiger partial charge in [0.1, 0.15) is 22.8 Å². The molecule has 0 radical (unpaired) electrons. The third-order valence-corrected chi connectivity index (χ3v) is 6.30. The van der Waals surface area contributed by atoms with E-state index in [0.29, 0.717) is 35.4 Å². The van der Waals surface area contributed by atoms with Crippen LogP contribution in [0.1, 0.15) is 35.7 Å². The first kappa shape index (κ1) is 22.0. The minimum absolute atomic E-state index is 0.185. The highest BCUT2D eigenvalue weighted by Gasteiger charge is 2.34. The van der Waals surface area contributed by atoms with Crippen molar-refractivity contribution in [3.63, 3.8) is 0 Å². The number of aromatic nitrogens is 4. The molecule has 0 spiro atoms. The molecule has 0 aliphatic carbocycles. The van der Waals surface area contributed by atoms with E-state index >= 15 is 0 Å². The van der Waals surface area contributed by atoms with Crippen LogP contribution >= 0.6 is 0 Å². The molecule has 1 fully saturated rings. The largest absolute Gasteiger partial charge is 0.424 e. The number of carbonyl (C=O) groups excluding carboxylic acids is 1. The van der Waals surface area contributed by atoms with Crippen LogP contribution in [0.4, 0.5) is 14.8 Å². The summed E-state index contributed by atoms with van der Waals surface area (Å²) in [6.45, 7) is 4.73. The molecule has 5 rings (SSSR count). The van der Waals surface area contributed by atoms with Crippen LogP contribution in [0.2, 0.25) is 0 Å². The number of fused-ring (bicyclic) bond motifs is 1. The van der Waals surface area contributed by atoms with Crippen LogP contribution in [0.15, 0.2) is 47.1 Å². The Balaban J connectivity index is 1.43. The van der Waals surface area contributed by atoms with Crippen LogP contribution in [0.3, 0.4) is 0 Å². The number of nitrogens with one attached hydrogen (secondary N) is 1. The van der Waals surface area contributed by atoms with Gasteiger partial charge >= 0.3 is 0 Å². The number of carbonyl (C=O) groups is 1. The lowest BCUT2D eigenvalue weighted by atomic mass is 9.89. The monoisotopic (exact) mass is 466 g/mol. The molecule has 1 saturated heterocycles. The third-order valence-electron chi connectivity index (χ3n) is 6.30. The molecule has 1 aliphatic rings.